The smallest absolute Gasteiger partial charge is 0.346 e. The van der Waals surface area contributed by atoms with Crippen LogP contribution in [0.4, 0.5) is 21.5 Å². The summed E-state index contributed by atoms with van der Waals surface area (Å²) in [5.41, 5.74) is 6.92. The summed E-state index contributed by atoms with van der Waals surface area (Å²) in [5, 5.41) is 2.65. The van der Waals surface area contributed by atoms with Crippen LogP contribution in [0.3, 0.4) is 0 Å². The maximum absolute atomic E-state index is 13.3. The number of nitrogens with two attached hydrogens (primary N) is 1. The van der Waals surface area contributed by atoms with E-state index >= 15 is 0 Å². The summed E-state index contributed by atoms with van der Waals surface area (Å²) < 4.78 is 38.7. The lowest BCUT2D eigenvalue weighted by Crippen LogP contribution is -2.21. The largest absolute Gasteiger partial charge is 0.398 e. The lowest BCUT2D eigenvalue weighted by Gasteiger charge is -2.10. The monoisotopic (exact) mass is 418 g/mol. The van der Waals surface area contributed by atoms with E-state index in [-0.39, 0.29) is 10.6 Å². The van der Waals surface area contributed by atoms with Crippen LogP contribution in [0, 0.1) is 5.82 Å². The lowest BCUT2D eigenvalue weighted by atomic mass is 10.2. The summed E-state index contributed by atoms with van der Waals surface area (Å²) in [6.45, 7) is 0. The summed E-state index contributed by atoms with van der Waals surface area (Å²) in [5.74, 6) is -0.965. The van der Waals surface area contributed by atoms with E-state index < -0.39 is 22.1 Å². The first kappa shape index (κ1) is 19.9. The standard InChI is InChI=1S/C19H16FN3O3S2/c20-13-3-1-5-15(10-13)23-28(25,26)16-6-2-4-14(11-16)22-19(24)12-7-8-18(27)17(21)9-12/h1-11H,21H2,(H3-,22,23,24,25,26,27)/p+1. The van der Waals surface area contributed by atoms with Gasteiger partial charge in [0.1, 0.15) is 5.82 Å². The summed E-state index contributed by atoms with van der Waals surface area (Å²) in [6.07, 6.45) is 0. The van der Waals surface area contributed by atoms with Gasteiger partial charge in [-0.2, -0.15) is 9.27 Å². The predicted molar refractivity (Wildman–Crippen MR) is 111 cm³/mol. The molecule has 144 valence electrons. The van der Waals surface area contributed by atoms with Crippen LogP contribution < -0.4 is 15.8 Å². The van der Waals surface area contributed by atoms with E-state index in [4.69, 9.17) is 5.73 Å². The number of carbonyl (C=O) groups excluding carboxylic acids is 1. The molecule has 0 saturated heterocycles. The first-order valence-corrected chi connectivity index (χ1v) is 10.0. The highest BCUT2D eigenvalue weighted by Crippen LogP contribution is 2.24. The second-order valence-corrected chi connectivity index (χ2v) is 8.10. The van der Waals surface area contributed by atoms with Gasteiger partial charge in [-0.1, -0.05) is 12.1 Å². The number of nitrogens with one attached hydrogen (secondary N) is 2. The van der Waals surface area contributed by atoms with Gasteiger partial charge >= 0.3 is 10.4 Å². The van der Waals surface area contributed by atoms with Crippen molar-refractivity contribution in [3.63, 3.8) is 0 Å². The second-order valence-electron chi connectivity index (χ2n) is 5.89. The van der Waals surface area contributed by atoms with Crippen molar-refractivity contribution in [2.45, 2.75) is 9.79 Å². The van der Waals surface area contributed by atoms with Crippen LogP contribution in [0.2, 0.25) is 0 Å². The van der Waals surface area contributed by atoms with Crippen molar-refractivity contribution in [3.05, 3.63) is 78.1 Å². The minimum atomic E-state index is -3.71. The molecule has 0 radical (unpaired) electrons. The van der Waals surface area contributed by atoms with Crippen LogP contribution >= 0.6 is 12.6 Å². The number of halogens is 1. The zero-order valence-corrected chi connectivity index (χ0v) is 16.1. The Hall–Kier alpha value is -2.88. The molecule has 5 N–H and O–H groups in total. The molecule has 0 bridgehead atoms. The van der Waals surface area contributed by atoms with Gasteiger partial charge in [0.15, 0.2) is 0 Å². The average molecular weight is 418 g/mol. The molecular weight excluding hydrogens is 401 g/mol. The fourth-order valence-electron chi connectivity index (χ4n) is 2.42. The minimum Gasteiger partial charge on any atom is -0.398 e. The van der Waals surface area contributed by atoms with E-state index in [2.05, 4.69) is 22.7 Å². The molecule has 0 aliphatic rings. The number of thiol groups is 1. The predicted octanol–water partition coefficient (Wildman–Crippen LogP) is 4.31. The van der Waals surface area contributed by atoms with Crippen molar-refractivity contribution in [1.82, 2.24) is 0 Å². The average Bonchev–Trinajstić information content (AvgIpc) is 2.64. The van der Waals surface area contributed by atoms with Gasteiger partial charge in [-0.15, -0.1) is 12.6 Å². The Morgan fingerprint density at radius 1 is 1.04 bits per heavy atom. The topological polar surface area (TPSA) is 104 Å². The van der Waals surface area contributed by atoms with E-state index in [1.165, 1.54) is 42.5 Å². The van der Waals surface area contributed by atoms with Crippen molar-refractivity contribution in [2.24, 2.45) is 0 Å². The van der Waals surface area contributed by atoms with Crippen molar-refractivity contribution < 1.29 is 17.9 Å². The van der Waals surface area contributed by atoms with Gasteiger partial charge in [-0.05, 0) is 46.7 Å². The Bertz CT molecular complexity index is 1090. The minimum absolute atomic E-state index is 0.0276. The molecule has 1 amide bonds. The quantitative estimate of drug-likeness (QED) is 0.242. The fraction of sp³-hybridized carbons (Fsp3) is 0. The summed E-state index contributed by atoms with van der Waals surface area (Å²) in [4.78, 5) is 13.0. The molecule has 0 saturated carbocycles. The highest BCUT2D eigenvalue weighted by molar-refractivity contribution is 7.99. The Balaban J connectivity index is 1.80. The number of benzene rings is 3. The normalized spacial score (nSPS) is 12.8. The van der Waals surface area contributed by atoms with E-state index in [0.29, 0.717) is 21.8 Å². The number of hydrogen-bond acceptors (Lipinski definition) is 4. The van der Waals surface area contributed by atoms with Crippen LogP contribution in [0.25, 0.3) is 0 Å². The molecule has 3 aromatic rings. The van der Waals surface area contributed by atoms with Gasteiger partial charge in [-0.3, -0.25) is 4.79 Å². The number of amides is 1. The molecule has 0 heterocycles. The first-order valence-electron chi connectivity index (χ1n) is 8.04. The van der Waals surface area contributed by atoms with E-state index in [1.54, 1.807) is 18.2 Å². The molecule has 6 nitrogen and oxygen atoms in total. The Morgan fingerprint density at radius 2 is 1.75 bits per heavy atom. The van der Waals surface area contributed by atoms with Gasteiger partial charge in [0.2, 0.25) is 4.90 Å². The third-order valence-electron chi connectivity index (χ3n) is 3.78. The zero-order valence-electron chi connectivity index (χ0n) is 14.4. The van der Waals surface area contributed by atoms with Crippen molar-refractivity contribution >= 4 is 46.0 Å². The second kappa shape index (κ2) is 8.01. The molecule has 3 aromatic carbocycles. The third-order valence-corrected chi connectivity index (χ3v) is 5.59. The van der Waals surface area contributed by atoms with Crippen molar-refractivity contribution in [2.75, 3.05) is 15.8 Å². The van der Waals surface area contributed by atoms with Crippen molar-refractivity contribution in [3.8, 4) is 0 Å². The molecule has 9 heteroatoms. The molecule has 0 aromatic heterocycles. The van der Waals surface area contributed by atoms with Crippen molar-refractivity contribution in [1.29, 1.82) is 0 Å². The van der Waals surface area contributed by atoms with Crippen LogP contribution in [0.5, 0.6) is 0 Å². The summed E-state index contributed by atoms with van der Waals surface area (Å²) in [6, 6.07) is 15.8. The lowest BCUT2D eigenvalue weighted by molar-refractivity contribution is 0.102. The Kier molecular flexibility index (Phi) is 5.68. The van der Waals surface area contributed by atoms with E-state index in [1.807, 2.05) is 0 Å². The van der Waals surface area contributed by atoms with Gasteiger partial charge in [0.25, 0.3) is 5.91 Å². The molecule has 1 unspecified atom stereocenters. The molecule has 1 atom stereocenters. The zero-order chi connectivity index (χ0) is 20.3. The molecule has 0 fully saturated rings. The van der Waals surface area contributed by atoms with Gasteiger partial charge in [-0.25, -0.2) is 4.39 Å². The third kappa shape index (κ3) is 4.69. The number of rotatable bonds is 5. The molecule has 0 spiro atoms. The number of carbonyl (C=O) groups is 1. The van der Waals surface area contributed by atoms with Crippen LogP contribution in [0.1, 0.15) is 10.4 Å². The van der Waals surface area contributed by atoms with Crippen LogP contribution in [-0.2, 0) is 14.6 Å². The number of hydrogen-bond donors (Lipinski definition) is 5. The van der Waals surface area contributed by atoms with Gasteiger partial charge < -0.3 is 11.1 Å². The first-order chi connectivity index (χ1) is 13.2. The SMILES string of the molecule is Nc1cc(C(=O)Nc2cccc([S+](=O)(O)Nc3cccc(F)c3)c2)ccc1S. The van der Waals surface area contributed by atoms with Gasteiger partial charge in [0.05, 0.1) is 5.69 Å². The van der Waals surface area contributed by atoms with E-state index in [9.17, 15) is 17.9 Å². The Morgan fingerprint density at radius 3 is 2.46 bits per heavy atom. The molecule has 0 aliphatic carbocycles. The maximum Gasteiger partial charge on any atom is 0.346 e. The maximum atomic E-state index is 13.3. The number of anilines is 3. The molecule has 28 heavy (non-hydrogen) atoms. The van der Waals surface area contributed by atoms with Gasteiger partial charge in [0, 0.05) is 34.0 Å². The van der Waals surface area contributed by atoms with E-state index in [0.717, 1.165) is 6.07 Å². The molecule has 0 aliphatic heterocycles. The Labute approximate surface area is 167 Å². The molecule has 3 rings (SSSR count). The number of nitrogen functional groups attached to an aromatic ring is 1. The summed E-state index contributed by atoms with van der Waals surface area (Å²) in [7, 11) is -3.71. The van der Waals surface area contributed by atoms with Crippen LogP contribution in [-0.4, -0.2) is 10.5 Å². The highest BCUT2D eigenvalue weighted by Gasteiger charge is 2.30. The summed E-state index contributed by atoms with van der Waals surface area (Å²) >= 11 is 4.16. The fourth-order valence-corrected chi connectivity index (χ4v) is 3.67. The van der Waals surface area contributed by atoms with Crippen LogP contribution in [0.15, 0.2) is 76.5 Å². The highest BCUT2D eigenvalue weighted by atomic mass is 32.3. The molecular formula is C19H17FN3O3S2+.